The molecule has 4 rings (SSSR count). The van der Waals surface area contributed by atoms with Gasteiger partial charge in [-0.2, -0.15) is 5.10 Å². The zero-order chi connectivity index (χ0) is 19.7. The van der Waals surface area contributed by atoms with E-state index in [1.807, 2.05) is 25.1 Å². The third-order valence-corrected chi connectivity index (χ3v) is 5.04. The van der Waals surface area contributed by atoms with Crippen molar-refractivity contribution in [2.45, 2.75) is 13.5 Å². The summed E-state index contributed by atoms with van der Waals surface area (Å²) in [4.78, 5) is 29.0. The maximum absolute atomic E-state index is 13.0. The lowest BCUT2D eigenvalue weighted by molar-refractivity contribution is 0.102. The fourth-order valence-corrected chi connectivity index (χ4v) is 3.65. The molecule has 0 saturated heterocycles. The number of benzene rings is 2. The van der Waals surface area contributed by atoms with Crippen molar-refractivity contribution in [1.82, 2.24) is 14.8 Å². The van der Waals surface area contributed by atoms with E-state index in [2.05, 4.69) is 15.4 Å². The highest BCUT2D eigenvalue weighted by Crippen LogP contribution is 2.26. The molecule has 0 aliphatic carbocycles. The highest BCUT2D eigenvalue weighted by Gasteiger charge is 2.13. The van der Waals surface area contributed by atoms with E-state index in [-0.39, 0.29) is 23.6 Å². The SMILES string of the molecule is Cc1ccc2nc(NC(=O)c3ccc(=O)n(Cc4ccc(F)cc4)n3)sc2c1. The smallest absolute Gasteiger partial charge is 0.277 e. The van der Waals surface area contributed by atoms with Crippen molar-refractivity contribution >= 4 is 32.6 Å². The molecule has 8 heteroatoms. The van der Waals surface area contributed by atoms with Gasteiger partial charge < -0.3 is 0 Å². The summed E-state index contributed by atoms with van der Waals surface area (Å²) in [5.41, 5.74) is 2.37. The number of fused-ring (bicyclic) bond motifs is 1. The van der Waals surface area contributed by atoms with E-state index in [9.17, 15) is 14.0 Å². The molecule has 2 aromatic heterocycles. The van der Waals surface area contributed by atoms with E-state index in [1.165, 1.54) is 40.3 Å². The maximum atomic E-state index is 13.0. The van der Waals surface area contributed by atoms with E-state index >= 15 is 0 Å². The van der Waals surface area contributed by atoms with Gasteiger partial charge in [-0.3, -0.25) is 14.9 Å². The summed E-state index contributed by atoms with van der Waals surface area (Å²) < 4.78 is 15.2. The standard InChI is InChI=1S/C20H15FN4O2S/c1-12-2-7-15-17(10-12)28-20(22-15)23-19(27)16-8-9-18(26)25(24-16)11-13-3-5-14(21)6-4-13/h2-10H,11H2,1H3,(H,22,23,27). The number of carbonyl (C=O) groups excluding carboxylic acids is 1. The molecule has 0 saturated carbocycles. The van der Waals surface area contributed by atoms with E-state index < -0.39 is 5.91 Å². The van der Waals surface area contributed by atoms with Crippen LogP contribution >= 0.6 is 11.3 Å². The molecule has 1 amide bonds. The van der Waals surface area contributed by atoms with Gasteiger partial charge in [0, 0.05) is 6.07 Å². The average Bonchev–Trinajstić information content (AvgIpc) is 3.06. The first-order valence-corrected chi connectivity index (χ1v) is 9.31. The minimum atomic E-state index is -0.455. The lowest BCUT2D eigenvalue weighted by atomic mass is 10.2. The molecule has 1 N–H and O–H groups in total. The summed E-state index contributed by atoms with van der Waals surface area (Å²) in [6.07, 6.45) is 0. The second-order valence-electron chi connectivity index (χ2n) is 6.29. The van der Waals surface area contributed by atoms with Crippen molar-refractivity contribution < 1.29 is 9.18 Å². The molecule has 2 heterocycles. The van der Waals surface area contributed by atoms with Crippen molar-refractivity contribution in [1.29, 1.82) is 0 Å². The number of aryl methyl sites for hydroxylation is 1. The molecule has 140 valence electrons. The number of halogens is 1. The van der Waals surface area contributed by atoms with Crippen LogP contribution in [0.4, 0.5) is 9.52 Å². The number of hydrogen-bond donors (Lipinski definition) is 1. The molecule has 0 aliphatic heterocycles. The molecular weight excluding hydrogens is 379 g/mol. The van der Waals surface area contributed by atoms with Gasteiger partial charge in [-0.1, -0.05) is 29.5 Å². The van der Waals surface area contributed by atoms with Gasteiger partial charge in [0.2, 0.25) is 0 Å². The van der Waals surface area contributed by atoms with Gasteiger partial charge in [-0.25, -0.2) is 14.1 Å². The van der Waals surface area contributed by atoms with Crippen molar-refractivity contribution in [3.05, 3.63) is 87.6 Å². The second-order valence-corrected chi connectivity index (χ2v) is 7.32. The van der Waals surface area contributed by atoms with Gasteiger partial charge in [0.25, 0.3) is 11.5 Å². The molecule has 4 aromatic rings. The highest BCUT2D eigenvalue weighted by molar-refractivity contribution is 7.22. The molecule has 0 bridgehead atoms. The first kappa shape index (κ1) is 18.0. The van der Waals surface area contributed by atoms with Crippen LogP contribution < -0.4 is 10.9 Å². The molecule has 2 aromatic carbocycles. The van der Waals surface area contributed by atoms with Crippen LogP contribution in [0.2, 0.25) is 0 Å². The van der Waals surface area contributed by atoms with Gasteiger partial charge in [-0.05, 0) is 48.4 Å². The van der Waals surface area contributed by atoms with Crippen molar-refractivity contribution in [3.8, 4) is 0 Å². The van der Waals surface area contributed by atoms with Gasteiger partial charge in [0.05, 0.1) is 16.8 Å². The van der Waals surface area contributed by atoms with E-state index in [0.717, 1.165) is 15.8 Å². The van der Waals surface area contributed by atoms with Crippen LogP contribution in [0, 0.1) is 12.7 Å². The number of aromatic nitrogens is 3. The Hall–Kier alpha value is -3.39. The Labute approximate surface area is 163 Å². The van der Waals surface area contributed by atoms with E-state index in [0.29, 0.717) is 10.7 Å². The fraction of sp³-hybridized carbons (Fsp3) is 0.100. The monoisotopic (exact) mass is 394 g/mol. The Morgan fingerprint density at radius 1 is 1.14 bits per heavy atom. The normalized spacial score (nSPS) is 10.9. The lowest BCUT2D eigenvalue weighted by Crippen LogP contribution is -2.26. The van der Waals surface area contributed by atoms with Gasteiger partial charge in [0.1, 0.15) is 11.5 Å². The first-order chi connectivity index (χ1) is 13.5. The Morgan fingerprint density at radius 3 is 2.71 bits per heavy atom. The van der Waals surface area contributed by atoms with Crippen molar-refractivity contribution in [3.63, 3.8) is 0 Å². The summed E-state index contributed by atoms with van der Waals surface area (Å²) in [6.45, 7) is 2.13. The number of amides is 1. The molecule has 6 nitrogen and oxygen atoms in total. The average molecular weight is 394 g/mol. The van der Waals surface area contributed by atoms with Gasteiger partial charge in [-0.15, -0.1) is 0 Å². The number of carbonyl (C=O) groups is 1. The van der Waals surface area contributed by atoms with Crippen LogP contribution in [0.25, 0.3) is 10.2 Å². The first-order valence-electron chi connectivity index (χ1n) is 8.49. The third-order valence-electron chi connectivity index (χ3n) is 4.11. The molecule has 0 unspecified atom stereocenters. The number of anilines is 1. The van der Waals surface area contributed by atoms with Crippen LogP contribution in [0.5, 0.6) is 0 Å². The topological polar surface area (TPSA) is 76.9 Å². The number of nitrogens with zero attached hydrogens (tertiary/aromatic N) is 3. The molecule has 0 fully saturated rings. The second kappa shape index (κ2) is 7.32. The largest absolute Gasteiger partial charge is 0.296 e. The van der Waals surface area contributed by atoms with Crippen molar-refractivity contribution in [2.24, 2.45) is 0 Å². The predicted molar refractivity (Wildman–Crippen MR) is 106 cm³/mol. The van der Waals surface area contributed by atoms with E-state index in [4.69, 9.17) is 0 Å². The zero-order valence-electron chi connectivity index (χ0n) is 14.8. The van der Waals surface area contributed by atoms with Crippen LogP contribution in [0.3, 0.4) is 0 Å². The quantitative estimate of drug-likeness (QED) is 0.574. The number of thiazole rings is 1. The maximum Gasteiger partial charge on any atom is 0.277 e. The predicted octanol–water partition coefficient (Wildman–Crippen LogP) is 3.60. The third kappa shape index (κ3) is 3.81. The summed E-state index contributed by atoms with van der Waals surface area (Å²) in [7, 11) is 0. The van der Waals surface area contributed by atoms with Crippen LogP contribution in [-0.2, 0) is 6.54 Å². The summed E-state index contributed by atoms with van der Waals surface area (Å²) >= 11 is 1.37. The summed E-state index contributed by atoms with van der Waals surface area (Å²) in [6, 6.07) is 14.3. The number of hydrogen-bond acceptors (Lipinski definition) is 5. The van der Waals surface area contributed by atoms with Gasteiger partial charge >= 0.3 is 0 Å². The minimum absolute atomic E-state index is 0.0946. The van der Waals surface area contributed by atoms with Crippen LogP contribution in [0.1, 0.15) is 21.6 Å². The van der Waals surface area contributed by atoms with E-state index in [1.54, 1.807) is 12.1 Å². The molecular formula is C20H15FN4O2S. The zero-order valence-corrected chi connectivity index (χ0v) is 15.7. The lowest BCUT2D eigenvalue weighted by Gasteiger charge is -2.07. The van der Waals surface area contributed by atoms with Crippen LogP contribution in [-0.4, -0.2) is 20.7 Å². The Kier molecular flexibility index (Phi) is 4.70. The number of rotatable bonds is 4. The molecule has 28 heavy (non-hydrogen) atoms. The summed E-state index contributed by atoms with van der Waals surface area (Å²) in [5, 5.41) is 7.32. The Bertz CT molecular complexity index is 1230. The van der Waals surface area contributed by atoms with Gasteiger partial charge in [0.15, 0.2) is 5.13 Å². The Balaban J connectivity index is 1.56. The summed E-state index contributed by atoms with van der Waals surface area (Å²) in [5.74, 6) is -0.813. The molecule has 0 atom stereocenters. The number of nitrogens with one attached hydrogen (secondary N) is 1. The van der Waals surface area contributed by atoms with Crippen LogP contribution in [0.15, 0.2) is 59.4 Å². The Morgan fingerprint density at radius 2 is 1.93 bits per heavy atom. The van der Waals surface area contributed by atoms with Crippen molar-refractivity contribution in [2.75, 3.05) is 5.32 Å². The fourth-order valence-electron chi connectivity index (χ4n) is 2.69. The highest BCUT2D eigenvalue weighted by atomic mass is 32.1. The molecule has 0 radical (unpaired) electrons. The molecule has 0 aliphatic rings. The minimum Gasteiger partial charge on any atom is -0.296 e. The molecule has 0 spiro atoms.